The summed E-state index contributed by atoms with van der Waals surface area (Å²) < 4.78 is 33.2. The average Bonchev–Trinajstić information content (AvgIpc) is 2.68. The normalized spacial score (nSPS) is 11.2. The molecule has 3 rings (SSSR count). The van der Waals surface area contributed by atoms with Crippen LogP contribution in [-0.2, 0) is 0 Å². The maximum atomic E-state index is 13.6. The fourth-order valence-electron chi connectivity index (χ4n) is 2.44. The summed E-state index contributed by atoms with van der Waals surface area (Å²) in [5.74, 6) is -0.463. The van der Waals surface area contributed by atoms with Crippen molar-refractivity contribution in [3.63, 3.8) is 0 Å². The van der Waals surface area contributed by atoms with Gasteiger partial charge in [0, 0.05) is 10.6 Å². The third-order valence-electron chi connectivity index (χ3n) is 3.75. The monoisotopic (exact) mass is 419 g/mol. The number of rotatable bonds is 5. The van der Waals surface area contributed by atoms with Gasteiger partial charge in [0.05, 0.1) is 16.8 Å². The van der Waals surface area contributed by atoms with E-state index in [0.29, 0.717) is 15.2 Å². The van der Waals surface area contributed by atoms with Crippen molar-refractivity contribution in [2.45, 2.75) is 0 Å². The van der Waals surface area contributed by atoms with Crippen LogP contribution in [0.2, 0.25) is 10.0 Å². The van der Waals surface area contributed by atoms with Crippen LogP contribution in [0.15, 0.2) is 72.8 Å². The quantitative estimate of drug-likeness (QED) is 0.120. The van der Waals surface area contributed by atoms with Crippen molar-refractivity contribution >= 4 is 41.1 Å². The number of ether oxygens (including phenoxy) is 1. The van der Waals surface area contributed by atoms with E-state index in [0.717, 1.165) is 6.21 Å². The Hall–Kier alpha value is -2.89. The summed E-state index contributed by atoms with van der Waals surface area (Å²) in [6.45, 7) is -2.01. The zero-order valence-corrected chi connectivity index (χ0v) is 15.8. The second-order valence-corrected chi connectivity index (χ2v) is 6.47. The van der Waals surface area contributed by atoms with Crippen molar-refractivity contribution in [2.24, 2.45) is 0 Å². The lowest BCUT2D eigenvalue weighted by Crippen LogP contribution is -2.12. The molecule has 0 fully saturated rings. The van der Waals surface area contributed by atoms with Crippen LogP contribution >= 0.6 is 23.2 Å². The molecule has 0 aliphatic rings. The van der Waals surface area contributed by atoms with Gasteiger partial charge in [-0.25, -0.2) is 4.79 Å². The molecule has 0 aromatic heterocycles. The first-order valence-electron chi connectivity index (χ1n) is 8.09. The number of esters is 1. The van der Waals surface area contributed by atoms with E-state index in [1.54, 1.807) is 48.5 Å². The molecule has 0 aliphatic heterocycles. The van der Waals surface area contributed by atoms with Crippen molar-refractivity contribution in [3.8, 4) is 5.75 Å². The van der Waals surface area contributed by atoms with Crippen LogP contribution in [0.5, 0.6) is 5.75 Å². The van der Waals surface area contributed by atoms with Crippen LogP contribution in [0.25, 0.3) is 0 Å². The van der Waals surface area contributed by atoms with Crippen molar-refractivity contribution < 1.29 is 22.9 Å². The van der Waals surface area contributed by atoms with E-state index in [-0.39, 0.29) is 22.0 Å². The molecule has 3 aromatic rings. The largest absolute Gasteiger partial charge is 0.423 e. The molecular weight excluding hydrogens is 407 g/mol. The molecular formula is C21H13Cl2F2NO2. The minimum absolute atomic E-state index is 0.0373. The molecule has 7 heteroatoms. The van der Waals surface area contributed by atoms with Crippen molar-refractivity contribution in [1.29, 1.82) is 0 Å². The lowest BCUT2D eigenvalue weighted by Gasteiger charge is -2.13. The molecule has 0 atom stereocenters. The summed E-state index contributed by atoms with van der Waals surface area (Å²) in [7, 11) is 0. The van der Waals surface area contributed by atoms with Gasteiger partial charge < -0.3 is 4.74 Å². The summed E-state index contributed by atoms with van der Waals surface area (Å²) in [4.78, 5) is 12.3. The fraction of sp³-hybridized carbons (Fsp3) is 0. The van der Waals surface area contributed by atoms with Crippen LogP contribution in [0.4, 0.5) is 14.5 Å². The maximum Gasteiger partial charge on any atom is 0.419 e. The van der Waals surface area contributed by atoms with Crippen LogP contribution in [0.3, 0.4) is 0 Å². The van der Waals surface area contributed by atoms with E-state index >= 15 is 0 Å². The summed E-state index contributed by atoms with van der Waals surface area (Å²) >= 11 is 11.9. The Morgan fingerprint density at radius 2 is 1.64 bits per heavy atom. The standard InChI is InChI=1S/C21H13Cl2F2NO2/c22-16-10-11-18(17(23)12-16)26(21(24)25)13-15-8-4-5-9-19(15)28-20(27)14-6-2-1-3-7-14/h1-13H. The smallest absolute Gasteiger partial charge is 0.419 e. The number of carbonyl (C=O) groups excluding carboxylic acids is 1. The van der Waals surface area contributed by atoms with Gasteiger partial charge in [0.2, 0.25) is 0 Å². The molecule has 0 amide bonds. The minimum atomic E-state index is -2.01. The van der Waals surface area contributed by atoms with Gasteiger partial charge in [-0.15, -0.1) is 0 Å². The molecule has 0 spiro atoms. The molecule has 0 heterocycles. The van der Waals surface area contributed by atoms with E-state index in [1.807, 2.05) is 0 Å². The van der Waals surface area contributed by atoms with E-state index < -0.39 is 12.5 Å². The molecule has 0 unspecified atom stereocenters. The van der Waals surface area contributed by atoms with Crippen molar-refractivity contribution in [2.75, 3.05) is 0 Å². The summed E-state index contributed by atoms with van der Waals surface area (Å²) in [5.41, 5.74) is 0.652. The van der Waals surface area contributed by atoms with Gasteiger partial charge in [0.15, 0.2) is 0 Å². The first-order chi connectivity index (χ1) is 13.5. The van der Waals surface area contributed by atoms with Crippen molar-refractivity contribution in [1.82, 2.24) is 0 Å². The van der Waals surface area contributed by atoms with Gasteiger partial charge in [0.25, 0.3) is 0 Å². The number of hydrogen-bond donors (Lipinski definition) is 0. The highest BCUT2D eigenvalue weighted by molar-refractivity contribution is 6.36. The highest BCUT2D eigenvalue weighted by atomic mass is 35.5. The van der Waals surface area contributed by atoms with Crippen molar-refractivity contribution in [3.05, 3.63) is 101 Å². The summed E-state index contributed by atoms with van der Waals surface area (Å²) in [5, 5.41) is 0.375. The van der Waals surface area contributed by atoms with E-state index in [4.69, 9.17) is 27.9 Å². The molecule has 0 bridgehead atoms. The molecule has 142 valence electrons. The Bertz CT molecular complexity index is 1020. The average molecular weight is 420 g/mol. The molecule has 0 N–H and O–H groups in total. The zero-order valence-electron chi connectivity index (χ0n) is 14.3. The van der Waals surface area contributed by atoms with Gasteiger partial charge in [-0.1, -0.05) is 59.6 Å². The fourth-order valence-corrected chi connectivity index (χ4v) is 2.94. The second-order valence-electron chi connectivity index (χ2n) is 5.63. The zero-order chi connectivity index (χ0) is 20.1. The molecule has 0 saturated heterocycles. The second kappa shape index (κ2) is 8.87. The third kappa shape index (κ3) is 4.68. The lowest BCUT2D eigenvalue weighted by molar-refractivity contribution is -0.479. The SMILES string of the molecule is O=C(Oc1ccccc1/C=[N+](/c1ccc(Cl)cc1Cl)[C-](F)F)c1ccccc1. The third-order valence-corrected chi connectivity index (χ3v) is 4.29. The number of halogens is 4. The topological polar surface area (TPSA) is 29.3 Å². The molecule has 3 nitrogen and oxygen atoms in total. The van der Waals surface area contributed by atoms with Gasteiger partial charge in [-0.3, -0.25) is 4.58 Å². The lowest BCUT2D eigenvalue weighted by atomic mass is 10.2. The van der Waals surface area contributed by atoms with Crippen LogP contribution in [0.1, 0.15) is 15.9 Å². The maximum absolute atomic E-state index is 13.6. The Morgan fingerprint density at radius 1 is 0.964 bits per heavy atom. The van der Waals surface area contributed by atoms with Gasteiger partial charge >= 0.3 is 12.5 Å². The Balaban J connectivity index is 1.99. The number of para-hydroxylation sites is 1. The van der Waals surface area contributed by atoms with Gasteiger partial charge in [0.1, 0.15) is 11.4 Å². The van der Waals surface area contributed by atoms with E-state index in [2.05, 4.69) is 0 Å². The first-order valence-corrected chi connectivity index (χ1v) is 8.84. The Labute approximate surface area is 170 Å². The number of nitrogens with zero attached hydrogens (tertiary/aromatic N) is 1. The molecule has 0 radical (unpaired) electrons. The van der Waals surface area contributed by atoms with Gasteiger partial charge in [-0.2, -0.15) is 8.78 Å². The molecule has 3 aromatic carbocycles. The minimum Gasteiger partial charge on any atom is -0.423 e. The Kier molecular flexibility index (Phi) is 6.29. The molecule has 28 heavy (non-hydrogen) atoms. The van der Waals surface area contributed by atoms with Gasteiger partial charge in [-0.05, 0) is 36.4 Å². The van der Waals surface area contributed by atoms with E-state index in [1.165, 1.54) is 24.3 Å². The first kappa shape index (κ1) is 19.9. The highest BCUT2D eigenvalue weighted by Gasteiger charge is 2.19. The van der Waals surface area contributed by atoms with Crippen LogP contribution in [0, 0.1) is 6.55 Å². The van der Waals surface area contributed by atoms with Crippen LogP contribution in [-0.4, -0.2) is 16.8 Å². The van der Waals surface area contributed by atoms with Crippen LogP contribution < -0.4 is 4.74 Å². The number of benzene rings is 3. The van der Waals surface area contributed by atoms with E-state index in [9.17, 15) is 13.6 Å². The molecule has 0 saturated carbocycles. The predicted molar refractivity (Wildman–Crippen MR) is 105 cm³/mol. The molecule has 0 aliphatic carbocycles. The number of hydrogen-bond acceptors (Lipinski definition) is 2. The predicted octanol–water partition coefficient (Wildman–Crippen LogP) is 6.36. The summed E-state index contributed by atoms with van der Waals surface area (Å²) in [6, 6.07) is 18.9. The number of carbonyl (C=O) groups is 1. The Morgan fingerprint density at radius 3 is 2.32 bits per heavy atom. The highest BCUT2D eigenvalue weighted by Crippen LogP contribution is 2.31. The summed E-state index contributed by atoms with van der Waals surface area (Å²) in [6.07, 6.45) is 1.14.